The monoisotopic (exact) mass is 285 g/mol. The third-order valence-corrected chi connectivity index (χ3v) is 3.59. The predicted octanol–water partition coefficient (Wildman–Crippen LogP) is 3.62. The first kappa shape index (κ1) is 15.5. The van der Waals surface area contributed by atoms with Crippen LogP contribution in [-0.2, 0) is 15.1 Å². The van der Waals surface area contributed by atoms with Crippen molar-refractivity contribution in [1.29, 1.82) is 0 Å². The molecule has 1 atom stereocenters. The number of carbonyl (C=O) groups is 1. The van der Waals surface area contributed by atoms with Crippen molar-refractivity contribution in [3.8, 4) is 0 Å². The SMILES string of the molecule is CCOC(=O)C(C)(NC(C)C)c1ccc2ccccc2c1. The molecule has 3 heteroatoms. The largest absolute Gasteiger partial charge is 0.464 e. The molecule has 0 saturated carbocycles. The van der Waals surface area contributed by atoms with E-state index >= 15 is 0 Å². The Morgan fingerprint density at radius 1 is 1.19 bits per heavy atom. The third kappa shape index (κ3) is 3.24. The lowest BCUT2D eigenvalue weighted by molar-refractivity contribution is -0.151. The van der Waals surface area contributed by atoms with E-state index in [1.54, 1.807) is 0 Å². The van der Waals surface area contributed by atoms with Crippen LogP contribution in [0.1, 0.15) is 33.3 Å². The van der Waals surface area contributed by atoms with Crippen LogP contribution >= 0.6 is 0 Å². The summed E-state index contributed by atoms with van der Waals surface area (Å²) in [6, 6.07) is 14.4. The molecule has 0 aliphatic heterocycles. The topological polar surface area (TPSA) is 38.3 Å². The minimum Gasteiger partial charge on any atom is -0.464 e. The zero-order valence-electron chi connectivity index (χ0n) is 13.1. The van der Waals surface area contributed by atoms with E-state index in [4.69, 9.17) is 4.74 Å². The predicted molar refractivity (Wildman–Crippen MR) is 86.2 cm³/mol. The highest BCUT2D eigenvalue weighted by Gasteiger charge is 2.37. The van der Waals surface area contributed by atoms with Crippen molar-refractivity contribution < 1.29 is 9.53 Å². The van der Waals surface area contributed by atoms with Crippen molar-refractivity contribution in [2.75, 3.05) is 6.61 Å². The molecule has 2 rings (SSSR count). The summed E-state index contributed by atoms with van der Waals surface area (Å²) in [5.74, 6) is -0.242. The van der Waals surface area contributed by atoms with E-state index in [0.717, 1.165) is 16.3 Å². The van der Waals surface area contributed by atoms with Crippen LogP contribution in [0, 0.1) is 0 Å². The number of esters is 1. The van der Waals surface area contributed by atoms with Gasteiger partial charge in [0.15, 0.2) is 0 Å². The number of carbonyl (C=O) groups excluding carboxylic acids is 1. The molecule has 112 valence electrons. The summed E-state index contributed by atoms with van der Waals surface area (Å²) in [6.07, 6.45) is 0. The van der Waals surface area contributed by atoms with Gasteiger partial charge < -0.3 is 4.74 Å². The van der Waals surface area contributed by atoms with Crippen LogP contribution < -0.4 is 5.32 Å². The second-order valence-corrected chi connectivity index (χ2v) is 5.71. The van der Waals surface area contributed by atoms with Gasteiger partial charge >= 0.3 is 5.97 Å². The number of ether oxygens (including phenoxy) is 1. The smallest absolute Gasteiger partial charge is 0.330 e. The maximum atomic E-state index is 12.5. The zero-order valence-corrected chi connectivity index (χ0v) is 13.1. The van der Waals surface area contributed by atoms with Crippen LogP contribution in [0.5, 0.6) is 0 Å². The Morgan fingerprint density at radius 3 is 2.48 bits per heavy atom. The summed E-state index contributed by atoms with van der Waals surface area (Å²) in [4.78, 5) is 12.5. The molecule has 0 fully saturated rings. The van der Waals surface area contributed by atoms with Crippen molar-refractivity contribution in [1.82, 2.24) is 5.32 Å². The molecule has 0 heterocycles. The van der Waals surface area contributed by atoms with Crippen molar-refractivity contribution >= 4 is 16.7 Å². The van der Waals surface area contributed by atoms with Crippen LogP contribution in [0.15, 0.2) is 42.5 Å². The lowest BCUT2D eigenvalue weighted by atomic mass is 9.89. The number of nitrogens with one attached hydrogen (secondary N) is 1. The molecule has 0 saturated heterocycles. The standard InChI is InChI=1S/C18H23NO2/c1-5-21-17(20)18(4,19-13(2)3)16-11-10-14-8-6-7-9-15(14)12-16/h6-13,19H,5H2,1-4H3. The van der Waals surface area contributed by atoms with Crippen molar-refractivity contribution in [3.05, 3.63) is 48.0 Å². The van der Waals surface area contributed by atoms with Crippen LogP contribution in [0.25, 0.3) is 10.8 Å². The summed E-state index contributed by atoms with van der Waals surface area (Å²) in [5, 5.41) is 5.63. The molecule has 0 aromatic heterocycles. The molecular formula is C18H23NO2. The van der Waals surface area contributed by atoms with Gasteiger partial charge in [-0.2, -0.15) is 0 Å². The Labute approximate surface area is 126 Å². The van der Waals surface area contributed by atoms with E-state index in [1.807, 2.05) is 52.0 Å². The highest BCUT2D eigenvalue weighted by molar-refractivity contribution is 5.87. The van der Waals surface area contributed by atoms with Crippen molar-refractivity contribution in [2.45, 2.75) is 39.3 Å². The number of hydrogen-bond donors (Lipinski definition) is 1. The fourth-order valence-electron chi connectivity index (χ4n) is 2.61. The second kappa shape index (κ2) is 6.27. The fraction of sp³-hybridized carbons (Fsp3) is 0.389. The molecule has 0 aliphatic rings. The molecule has 2 aromatic rings. The molecule has 2 aromatic carbocycles. The van der Waals surface area contributed by atoms with Crippen molar-refractivity contribution in [3.63, 3.8) is 0 Å². The van der Waals surface area contributed by atoms with Gasteiger partial charge in [-0.05, 0) is 50.1 Å². The highest BCUT2D eigenvalue weighted by atomic mass is 16.5. The average Bonchev–Trinajstić information content (AvgIpc) is 2.46. The van der Waals surface area contributed by atoms with Crippen LogP contribution in [0.2, 0.25) is 0 Å². The van der Waals surface area contributed by atoms with E-state index in [0.29, 0.717) is 6.61 Å². The second-order valence-electron chi connectivity index (χ2n) is 5.71. The van der Waals surface area contributed by atoms with Gasteiger partial charge in [0.1, 0.15) is 5.54 Å². The number of fused-ring (bicyclic) bond motifs is 1. The van der Waals surface area contributed by atoms with Crippen LogP contribution in [0.3, 0.4) is 0 Å². The molecule has 0 aliphatic carbocycles. The average molecular weight is 285 g/mol. The quantitative estimate of drug-likeness (QED) is 0.853. The summed E-state index contributed by atoms with van der Waals surface area (Å²) in [6.45, 7) is 8.14. The molecule has 3 nitrogen and oxygen atoms in total. The molecular weight excluding hydrogens is 262 g/mol. The van der Waals surface area contributed by atoms with Gasteiger partial charge in [-0.25, -0.2) is 4.79 Å². The summed E-state index contributed by atoms with van der Waals surface area (Å²) in [5.41, 5.74) is 0.0853. The van der Waals surface area contributed by atoms with Gasteiger partial charge in [0.25, 0.3) is 0 Å². The Bertz CT molecular complexity index is 636. The van der Waals surface area contributed by atoms with E-state index in [2.05, 4.69) is 23.5 Å². The van der Waals surface area contributed by atoms with Gasteiger partial charge in [-0.1, -0.05) is 36.4 Å². The van der Waals surface area contributed by atoms with Gasteiger partial charge in [0.05, 0.1) is 6.61 Å². The minimum atomic E-state index is -0.839. The first-order chi connectivity index (χ1) is 9.97. The van der Waals surface area contributed by atoms with Gasteiger partial charge in [0, 0.05) is 6.04 Å². The zero-order chi connectivity index (χ0) is 15.5. The van der Waals surface area contributed by atoms with Gasteiger partial charge in [-0.3, -0.25) is 5.32 Å². The number of hydrogen-bond acceptors (Lipinski definition) is 3. The third-order valence-electron chi connectivity index (χ3n) is 3.59. The Balaban J connectivity index is 2.49. The van der Waals surface area contributed by atoms with Gasteiger partial charge in [0.2, 0.25) is 0 Å². The first-order valence-corrected chi connectivity index (χ1v) is 7.41. The van der Waals surface area contributed by atoms with E-state index in [9.17, 15) is 4.79 Å². The highest BCUT2D eigenvalue weighted by Crippen LogP contribution is 2.27. The maximum absolute atomic E-state index is 12.5. The normalized spacial score (nSPS) is 14.1. The fourth-order valence-corrected chi connectivity index (χ4v) is 2.61. The Hall–Kier alpha value is -1.87. The molecule has 0 bridgehead atoms. The Kier molecular flexibility index (Phi) is 4.63. The van der Waals surface area contributed by atoms with E-state index in [-0.39, 0.29) is 12.0 Å². The van der Waals surface area contributed by atoms with E-state index in [1.165, 1.54) is 0 Å². The summed E-state index contributed by atoms with van der Waals surface area (Å²) < 4.78 is 5.27. The molecule has 0 spiro atoms. The summed E-state index contributed by atoms with van der Waals surface area (Å²) >= 11 is 0. The number of benzene rings is 2. The molecule has 1 unspecified atom stereocenters. The van der Waals surface area contributed by atoms with E-state index < -0.39 is 5.54 Å². The molecule has 21 heavy (non-hydrogen) atoms. The van der Waals surface area contributed by atoms with Crippen LogP contribution in [0.4, 0.5) is 0 Å². The molecule has 0 radical (unpaired) electrons. The first-order valence-electron chi connectivity index (χ1n) is 7.41. The number of rotatable bonds is 5. The van der Waals surface area contributed by atoms with Crippen molar-refractivity contribution in [2.24, 2.45) is 0 Å². The Morgan fingerprint density at radius 2 is 1.86 bits per heavy atom. The van der Waals surface area contributed by atoms with Gasteiger partial charge in [-0.15, -0.1) is 0 Å². The van der Waals surface area contributed by atoms with Crippen LogP contribution in [-0.4, -0.2) is 18.6 Å². The lowest BCUT2D eigenvalue weighted by Crippen LogP contribution is -2.50. The molecule has 0 amide bonds. The lowest BCUT2D eigenvalue weighted by Gasteiger charge is -2.31. The molecule has 1 N–H and O–H groups in total. The minimum absolute atomic E-state index is 0.172. The maximum Gasteiger partial charge on any atom is 0.330 e. The summed E-state index contributed by atoms with van der Waals surface area (Å²) in [7, 11) is 0.